The summed E-state index contributed by atoms with van der Waals surface area (Å²) in [6, 6.07) is 11.3. The Hall–Kier alpha value is -2.20. The highest BCUT2D eigenvalue weighted by molar-refractivity contribution is 6.40. The second kappa shape index (κ2) is 6.30. The molecule has 2 rings (SSSR count). The summed E-state index contributed by atoms with van der Waals surface area (Å²) < 4.78 is 0. The molecule has 0 spiro atoms. The van der Waals surface area contributed by atoms with Crippen LogP contribution in [0, 0.1) is 0 Å². The van der Waals surface area contributed by atoms with Crippen LogP contribution in [0.3, 0.4) is 0 Å². The average molecular weight is 307 g/mol. The molecule has 0 bridgehead atoms. The molecule has 0 aromatic heterocycles. The topological polar surface area (TPSA) is 77.9 Å². The van der Waals surface area contributed by atoms with E-state index in [1.807, 2.05) is 0 Å². The average Bonchev–Trinajstić information content (AvgIpc) is 2.44. The molecule has 1 amide bonds. The van der Waals surface area contributed by atoms with E-state index in [-0.39, 0.29) is 11.3 Å². The Balaban J connectivity index is 2.36. The molecule has 0 heterocycles. The van der Waals surface area contributed by atoms with Crippen molar-refractivity contribution in [3.8, 4) is 0 Å². The number of rotatable bonds is 3. The number of azide groups is 1. The van der Waals surface area contributed by atoms with Gasteiger partial charge in [-0.3, -0.25) is 4.79 Å². The number of carbonyl (C=O) groups is 1. The van der Waals surface area contributed by atoms with Gasteiger partial charge in [0.25, 0.3) is 5.91 Å². The second-order valence-corrected chi connectivity index (χ2v) is 4.57. The highest BCUT2D eigenvalue weighted by atomic mass is 35.5. The van der Waals surface area contributed by atoms with Gasteiger partial charge < -0.3 is 5.32 Å². The molecule has 0 fully saturated rings. The zero-order valence-electron chi connectivity index (χ0n) is 10.0. The van der Waals surface area contributed by atoms with Gasteiger partial charge >= 0.3 is 0 Å². The number of nitrogens with zero attached hydrogens (tertiary/aromatic N) is 3. The molecule has 0 aliphatic rings. The summed E-state index contributed by atoms with van der Waals surface area (Å²) in [5.41, 5.74) is 9.27. The zero-order chi connectivity index (χ0) is 14.5. The van der Waals surface area contributed by atoms with Gasteiger partial charge in [-0.25, -0.2) is 0 Å². The van der Waals surface area contributed by atoms with E-state index < -0.39 is 5.91 Å². The third-order valence-electron chi connectivity index (χ3n) is 2.50. The van der Waals surface area contributed by atoms with Gasteiger partial charge in [0.1, 0.15) is 0 Å². The van der Waals surface area contributed by atoms with Crippen molar-refractivity contribution < 1.29 is 4.79 Å². The molecule has 5 nitrogen and oxygen atoms in total. The Labute approximate surface area is 124 Å². The minimum absolute atomic E-state index is 0.232. The number of amides is 1. The van der Waals surface area contributed by atoms with Crippen molar-refractivity contribution in [1.29, 1.82) is 0 Å². The summed E-state index contributed by atoms with van der Waals surface area (Å²) in [7, 11) is 0. The Kier molecular flexibility index (Phi) is 4.48. The first-order chi connectivity index (χ1) is 9.63. The number of benzene rings is 2. The monoisotopic (exact) mass is 306 g/mol. The normalized spacial score (nSPS) is 9.70. The summed E-state index contributed by atoms with van der Waals surface area (Å²) in [5.74, 6) is -0.456. The summed E-state index contributed by atoms with van der Waals surface area (Å²) >= 11 is 12.0. The van der Waals surface area contributed by atoms with E-state index in [1.54, 1.807) is 42.5 Å². The van der Waals surface area contributed by atoms with Crippen molar-refractivity contribution in [3.63, 3.8) is 0 Å². The van der Waals surface area contributed by atoms with E-state index in [1.165, 1.54) is 0 Å². The predicted octanol–water partition coefficient (Wildman–Crippen LogP) is 5.19. The van der Waals surface area contributed by atoms with Crippen LogP contribution in [0.5, 0.6) is 0 Å². The van der Waals surface area contributed by atoms with Gasteiger partial charge in [0.2, 0.25) is 0 Å². The zero-order valence-corrected chi connectivity index (χ0v) is 11.6. The largest absolute Gasteiger partial charge is 0.319 e. The summed E-state index contributed by atoms with van der Waals surface area (Å²) in [4.78, 5) is 14.9. The third kappa shape index (κ3) is 3.03. The molecular weight excluding hydrogens is 299 g/mol. The molecule has 0 aliphatic heterocycles. The quantitative estimate of drug-likeness (QED) is 0.473. The van der Waals surface area contributed by atoms with Crippen LogP contribution in [-0.2, 0) is 0 Å². The van der Waals surface area contributed by atoms with Crippen LogP contribution in [0.2, 0.25) is 10.0 Å². The molecule has 0 atom stereocenters. The minimum Gasteiger partial charge on any atom is -0.319 e. The Morgan fingerprint density at radius 3 is 2.40 bits per heavy atom. The fourth-order valence-electron chi connectivity index (χ4n) is 1.60. The van der Waals surface area contributed by atoms with Gasteiger partial charge in [-0.05, 0) is 23.7 Å². The van der Waals surface area contributed by atoms with Crippen LogP contribution in [-0.4, -0.2) is 5.91 Å². The van der Waals surface area contributed by atoms with Gasteiger partial charge in [-0.1, -0.05) is 52.6 Å². The summed E-state index contributed by atoms with van der Waals surface area (Å²) in [6.07, 6.45) is 0. The first-order valence-electron chi connectivity index (χ1n) is 5.53. The summed E-state index contributed by atoms with van der Waals surface area (Å²) in [6.45, 7) is 0. The van der Waals surface area contributed by atoms with Crippen molar-refractivity contribution in [1.82, 2.24) is 0 Å². The molecule has 2 aromatic carbocycles. The highest BCUT2D eigenvalue weighted by Gasteiger charge is 2.13. The van der Waals surface area contributed by atoms with Crippen LogP contribution < -0.4 is 5.32 Å². The number of anilines is 1. The highest BCUT2D eigenvalue weighted by Crippen LogP contribution is 2.31. The molecule has 100 valence electrons. The molecule has 0 unspecified atom stereocenters. The fraction of sp³-hybridized carbons (Fsp3) is 0. The number of hydrogen-bond acceptors (Lipinski definition) is 2. The molecule has 2 aromatic rings. The molecule has 0 radical (unpaired) electrons. The molecule has 1 N–H and O–H groups in total. The van der Waals surface area contributed by atoms with Crippen LogP contribution in [0.25, 0.3) is 10.4 Å². The Bertz CT molecular complexity index is 691. The van der Waals surface area contributed by atoms with Gasteiger partial charge in [0.15, 0.2) is 0 Å². The fourth-order valence-corrected chi connectivity index (χ4v) is 2.09. The Morgan fingerprint density at radius 2 is 1.75 bits per heavy atom. The Morgan fingerprint density at radius 1 is 1.10 bits per heavy atom. The lowest BCUT2D eigenvalue weighted by Crippen LogP contribution is -2.12. The molecule has 7 heteroatoms. The van der Waals surface area contributed by atoms with Gasteiger partial charge in [-0.2, -0.15) is 0 Å². The van der Waals surface area contributed by atoms with Crippen molar-refractivity contribution >= 4 is 40.5 Å². The maximum absolute atomic E-state index is 12.2. The van der Waals surface area contributed by atoms with E-state index in [2.05, 4.69) is 15.3 Å². The van der Waals surface area contributed by atoms with Crippen molar-refractivity contribution in [2.45, 2.75) is 0 Å². The number of carbonyl (C=O) groups excluding carboxylic acids is 1. The SMILES string of the molecule is [N-]=[N+]=Nc1ccccc1C(=O)Nc1c(Cl)cccc1Cl. The van der Waals surface area contributed by atoms with Gasteiger partial charge in [0, 0.05) is 10.5 Å². The van der Waals surface area contributed by atoms with E-state index >= 15 is 0 Å². The lowest BCUT2D eigenvalue weighted by atomic mass is 10.1. The lowest BCUT2D eigenvalue weighted by molar-refractivity contribution is 0.102. The van der Waals surface area contributed by atoms with Crippen molar-refractivity contribution in [2.24, 2.45) is 5.11 Å². The maximum atomic E-state index is 12.2. The van der Waals surface area contributed by atoms with E-state index in [4.69, 9.17) is 28.7 Å². The van der Waals surface area contributed by atoms with Crippen molar-refractivity contribution in [2.75, 3.05) is 5.32 Å². The molecule has 0 aliphatic carbocycles. The van der Waals surface area contributed by atoms with E-state index in [9.17, 15) is 4.79 Å². The first kappa shape index (κ1) is 14.2. The second-order valence-electron chi connectivity index (χ2n) is 3.76. The van der Waals surface area contributed by atoms with Crippen molar-refractivity contribution in [3.05, 3.63) is 68.5 Å². The van der Waals surface area contributed by atoms with Crippen LogP contribution >= 0.6 is 23.2 Å². The molecule has 0 saturated carbocycles. The maximum Gasteiger partial charge on any atom is 0.256 e. The number of halogens is 2. The predicted molar refractivity (Wildman–Crippen MR) is 79.7 cm³/mol. The molecule has 20 heavy (non-hydrogen) atoms. The molecular formula is C13H8Cl2N4O. The van der Waals surface area contributed by atoms with Crippen LogP contribution in [0.15, 0.2) is 47.6 Å². The smallest absolute Gasteiger partial charge is 0.256 e. The van der Waals surface area contributed by atoms with Gasteiger partial charge in [0.05, 0.1) is 21.4 Å². The number of hydrogen-bond donors (Lipinski definition) is 1. The number of para-hydroxylation sites is 1. The van der Waals surface area contributed by atoms with E-state index in [0.29, 0.717) is 15.7 Å². The van der Waals surface area contributed by atoms with Gasteiger partial charge in [-0.15, -0.1) is 0 Å². The van der Waals surface area contributed by atoms with E-state index in [0.717, 1.165) is 0 Å². The van der Waals surface area contributed by atoms with Crippen LogP contribution in [0.4, 0.5) is 11.4 Å². The minimum atomic E-state index is -0.456. The molecule has 0 saturated heterocycles. The standard InChI is InChI=1S/C13H8Cl2N4O/c14-9-5-3-6-10(15)12(9)17-13(20)8-4-1-2-7-11(8)18-19-16/h1-7H,(H,17,20). The van der Waals surface area contributed by atoms with Crippen LogP contribution in [0.1, 0.15) is 10.4 Å². The third-order valence-corrected chi connectivity index (χ3v) is 3.13. The number of nitrogens with one attached hydrogen (secondary N) is 1. The lowest BCUT2D eigenvalue weighted by Gasteiger charge is -2.10. The summed E-state index contributed by atoms with van der Waals surface area (Å²) in [5, 5.41) is 6.73. The first-order valence-corrected chi connectivity index (χ1v) is 6.28.